The third-order valence-corrected chi connectivity index (χ3v) is 5.44. The number of nitrogens with zero attached hydrogens (tertiary/aromatic N) is 3. The standard InChI is InChI=1S/C22H32N4O2/c1-17(2)14-19(25-12-6-7-13-25)15-23-22(28)20-10-11-21(27)26(24-20)16-18-8-4-3-5-9-18/h3-5,8-9,17,19H,6-7,10-16H2,1-2H3,(H,23,28)/t19-/m0/s1. The molecule has 0 aliphatic carbocycles. The van der Waals surface area contributed by atoms with E-state index in [1.165, 1.54) is 17.9 Å². The van der Waals surface area contributed by atoms with Gasteiger partial charge in [-0.3, -0.25) is 14.5 Å². The molecule has 0 radical (unpaired) electrons. The van der Waals surface area contributed by atoms with Crippen molar-refractivity contribution in [1.29, 1.82) is 0 Å². The molecule has 0 unspecified atom stereocenters. The SMILES string of the molecule is CC(C)C[C@@H](CNC(=O)C1=NN(Cc2ccccc2)C(=O)CC1)N1CCCC1. The van der Waals surface area contributed by atoms with Gasteiger partial charge in [0.25, 0.3) is 5.91 Å². The molecule has 1 aromatic rings. The number of amides is 2. The third kappa shape index (κ3) is 5.64. The molecule has 1 fully saturated rings. The average molecular weight is 385 g/mol. The van der Waals surface area contributed by atoms with Gasteiger partial charge in [0.15, 0.2) is 0 Å². The minimum atomic E-state index is -0.140. The lowest BCUT2D eigenvalue weighted by molar-refractivity contribution is -0.132. The van der Waals surface area contributed by atoms with Crippen molar-refractivity contribution in [2.45, 2.75) is 58.5 Å². The molecular weight excluding hydrogens is 352 g/mol. The predicted molar refractivity (Wildman–Crippen MR) is 111 cm³/mol. The summed E-state index contributed by atoms with van der Waals surface area (Å²) < 4.78 is 0. The van der Waals surface area contributed by atoms with Gasteiger partial charge in [-0.1, -0.05) is 44.2 Å². The van der Waals surface area contributed by atoms with E-state index in [0.29, 0.717) is 43.6 Å². The molecule has 1 N–H and O–H groups in total. The first-order valence-corrected chi connectivity index (χ1v) is 10.5. The van der Waals surface area contributed by atoms with Crippen molar-refractivity contribution in [3.8, 4) is 0 Å². The molecular formula is C22H32N4O2. The van der Waals surface area contributed by atoms with Crippen LogP contribution in [0.4, 0.5) is 0 Å². The number of rotatable bonds is 8. The van der Waals surface area contributed by atoms with Crippen LogP contribution in [0.25, 0.3) is 0 Å². The van der Waals surface area contributed by atoms with Crippen LogP contribution in [0.15, 0.2) is 35.4 Å². The Bertz CT molecular complexity index is 696. The van der Waals surface area contributed by atoms with Gasteiger partial charge in [0.2, 0.25) is 5.91 Å². The first kappa shape index (κ1) is 20.5. The molecule has 2 amide bonds. The summed E-state index contributed by atoms with van der Waals surface area (Å²) in [5.74, 6) is 0.419. The molecule has 28 heavy (non-hydrogen) atoms. The maximum Gasteiger partial charge on any atom is 0.267 e. The quantitative estimate of drug-likeness (QED) is 0.750. The Morgan fingerprint density at radius 1 is 1.14 bits per heavy atom. The van der Waals surface area contributed by atoms with Crippen LogP contribution in [-0.2, 0) is 16.1 Å². The zero-order chi connectivity index (χ0) is 19.9. The zero-order valence-electron chi connectivity index (χ0n) is 17.1. The van der Waals surface area contributed by atoms with E-state index in [1.807, 2.05) is 30.3 Å². The maximum absolute atomic E-state index is 12.7. The normalized spacial score (nSPS) is 19.0. The first-order chi connectivity index (χ1) is 13.5. The molecule has 1 atom stereocenters. The molecule has 0 spiro atoms. The predicted octanol–water partition coefficient (Wildman–Crippen LogP) is 2.79. The fourth-order valence-corrected chi connectivity index (χ4v) is 3.97. The molecule has 6 nitrogen and oxygen atoms in total. The van der Waals surface area contributed by atoms with Crippen molar-refractivity contribution < 1.29 is 9.59 Å². The second-order valence-electron chi connectivity index (χ2n) is 8.22. The second-order valence-corrected chi connectivity index (χ2v) is 8.22. The fourth-order valence-electron chi connectivity index (χ4n) is 3.97. The van der Waals surface area contributed by atoms with Crippen molar-refractivity contribution in [1.82, 2.24) is 15.2 Å². The molecule has 2 aliphatic rings. The number of hydrogen-bond donors (Lipinski definition) is 1. The van der Waals surface area contributed by atoms with Gasteiger partial charge in [0.05, 0.1) is 6.54 Å². The van der Waals surface area contributed by atoms with E-state index in [2.05, 4.69) is 29.2 Å². The fraction of sp³-hybridized carbons (Fsp3) is 0.591. The van der Waals surface area contributed by atoms with Gasteiger partial charge in [-0.2, -0.15) is 5.10 Å². The molecule has 2 heterocycles. The monoisotopic (exact) mass is 384 g/mol. The molecule has 3 rings (SSSR count). The van der Waals surface area contributed by atoms with Crippen LogP contribution in [0.5, 0.6) is 0 Å². The van der Waals surface area contributed by atoms with Crippen LogP contribution in [-0.4, -0.2) is 53.1 Å². The lowest BCUT2D eigenvalue weighted by atomic mass is 10.0. The minimum Gasteiger partial charge on any atom is -0.349 e. The van der Waals surface area contributed by atoms with E-state index in [9.17, 15) is 9.59 Å². The molecule has 152 valence electrons. The lowest BCUT2D eigenvalue weighted by Crippen LogP contribution is -2.46. The van der Waals surface area contributed by atoms with E-state index in [1.54, 1.807) is 0 Å². The number of nitrogens with one attached hydrogen (secondary N) is 1. The summed E-state index contributed by atoms with van der Waals surface area (Å²) in [4.78, 5) is 27.4. The Hall–Kier alpha value is -2.21. The van der Waals surface area contributed by atoms with Crippen molar-refractivity contribution in [3.63, 3.8) is 0 Å². The summed E-state index contributed by atoms with van der Waals surface area (Å²) in [6.07, 6.45) is 4.30. The summed E-state index contributed by atoms with van der Waals surface area (Å²) in [5, 5.41) is 8.88. The summed E-state index contributed by atoms with van der Waals surface area (Å²) in [6.45, 7) is 7.73. The number of likely N-dealkylation sites (tertiary alicyclic amines) is 1. The van der Waals surface area contributed by atoms with E-state index >= 15 is 0 Å². The van der Waals surface area contributed by atoms with Crippen molar-refractivity contribution in [2.24, 2.45) is 11.0 Å². The van der Waals surface area contributed by atoms with E-state index in [-0.39, 0.29) is 11.8 Å². The molecule has 0 aromatic heterocycles. The van der Waals surface area contributed by atoms with Crippen molar-refractivity contribution in [2.75, 3.05) is 19.6 Å². The Balaban J connectivity index is 1.60. The van der Waals surface area contributed by atoms with Crippen LogP contribution in [0.1, 0.15) is 51.5 Å². The summed E-state index contributed by atoms with van der Waals surface area (Å²) in [6, 6.07) is 10.1. The van der Waals surface area contributed by atoms with Gasteiger partial charge >= 0.3 is 0 Å². The van der Waals surface area contributed by atoms with Gasteiger partial charge < -0.3 is 5.32 Å². The van der Waals surface area contributed by atoms with Gasteiger partial charge in [-0.05, 0) is 43.8 Å². The number of benzene rings is 1. The zero-order valence-corrected chi connectivity index (χ0v) is 17.1. The Labute approximate surface area is 168 Å². The van der Waals surface area contributed by atoms with Crippen molar-refractivity contribution >= 4 is 17.5 Å². The van der Waals surface area contributed by atoms with E-state index in [4.69, 9.17) is 0 Å². The lowest BCUT2D eigenvalue weighted by Gasteiger charge is -2.29. The van der Waals surface area contributed by atoms with Crippen molar-refractivity contribution in [3.05, 3.63) is 35.9 Å². The Kier molecular flexibility index (Phi) is 7.20. The molecule has 0 saturated carbocycles. The molecule has 0 bridgehead atoms. The summed E-state index contributed by atoms with van der Waals surface area (Å²) >= 11 is 0. The van der Waals surface area contributed by atoms with Crippen LogP contribution in [0.3, 0.4) is 0 Å². The van der Waals surface area contributed by atoms with Gasteiger partial charge in [0.1, 0.15) is 5.71 Å². The Morgan fingerprint density at radius 2 is 1.86 bits per heavy atom. The highest BCUT2D eigenvalue weighted by molar-refractivity contribution is 6.39. The minimum absolute atomic E-state index is 0.0323. The third-order valence-electron chi connectivity index (χ3n) is 5.44. The highest BCUT2D eigenvalue weighted by atomic mass is 16.2. The van der Waals surface area contributed by atoms with Crippen LogP contribution < -0.4 is 5.32 Å². The highest BCUT2D eigenvalue weighted by Gasteiger charge is 2.27. The van der Waals surface area contributed by atoms with Crippen LogP contribution in [0, 0.1) is 5.92 Å². The van der Waals surface area contributed by atoms with Crippen LogP contribution in [0.2, 0.25) is 0 Å². The topological polar surface area (TPSA) is 65.0 Å². The molecule has 1 aromatic carbocycles. The number of carbonyl (C=O) groups excluding carboxylic acids is 2. The van der Waals surface area contributed by atoms with Gasteiger partial charge in [-0.15, -0.1) is 0 Å². The number of hydrazone groups is 1. The molecule has 2 aliphatic heterocycles. The van der Waals surface area contributed by atoms with E-state index in [0.717, 1.165) is 25.1 Å². The summed E-state index contributed by atoms with van der Waals surface area (Å²) in [7, 11) is 0. The van der Waals surface area contributed by atoms with Gasteiger partial charge in [0, 0.05) is 25.4 Å². The number of carbonyl (C=O) groups is 2. The number of hydrogen-bond acceptors (Lipinski definition) is 4. The smallest absolute Gasteiger partial charge is 0.267 e. The van der Waals surface area contributed by atoms with Crippen LogP contribution >= 0.6 is 0 Å². The highest BCUT2D eigenvalue weighted by Crippen LogP contribution is 2.18. The largest absolute Gasteiger partial charge is 0.349 e. The van der Waals surface area contributed by atoms with Gasteiger partial charge in [-0.25, -0.2) is 5.01 Å². The maximum atomic E-state index is 12.7. The van der Waals surface area contributed by atoms with E-state index < -0.39 is 0 Å². The average Bonchev–Trinajstić information content (AvgIpc) is 3.22. The second kappa shape index (κ2) is 9.82. The molecule has 1 saturated heterocycles. The first-order valence-electron chi connectivity index (χ1n) is 10.5. The molecule has 6 heteroatoms. The summed E-state index contributed by atoms with van der Waals surface area (Å²) in [5.41, 5.74) is 1.47. The Morgan fingerprint density at radius 3 is 2.54 bits per heavy atom.